The lowest BCUT2D eigenvalue weighted by atomic mass is 9.99. The van der Waals surface area contributed by atoms with E-state index < -0.39 is 0 Å². The number of furan rings is 1. The topological polar surface area (TPSA) is 21.3 Å². The van der Waals surface area contributed by atoms with Crippen molar-refractivity contribution < 1.29 is 4.42 Å². The Balaban J connectivity index is 1.14. The zero-order valence-electron chi connectivity index (χ0n) is 32.1. The minimum Gasteiger partial charge on any atom is -0.456 e. The Morgan fingerprint density at radius 1 is 0.356 bits per heavy atom. The molecule has 0 N–H and O–H groups in total. The number of aromatic nitrogens is 1. The van der Waals surface area contributed by atoms with E-state index in [9.17, 15) is 0 Å². The molecule has 0 radical (unpaired) electrons. The van der Waals surface area contributed by atoms with E-state index in [1.165, 1.54) is 49.3 Å². The molecule has 0 spiro atoms. The molecule has 3 nitrogen and oxygen atoms in total. The third-order valence-corrected chi connectivity index (χ3v) is 11.9. The van der Waals surface area contributed by atoms with Gasteiger partial charge in [0.1, 0.15) is 11.2 Å². The molecule has 0 amide bonds. The number of hydrogen-bond donors (Lipinski definition) is 0. The first-order valence-corrected chi connectivity index (χ1v) is 20.2. The van der Waals surface area contributed by atoms with Crippen LogP contribution in [-0.2, 0) is 0 Å². The van der Waals surface area contributed by atoms with Gasteiger partial charge in [-0.05, 0) is 87.4 Å². The number of benzene rings is 10. The maximum absolute atomic E-state index is 6.60. The molecule has 2 aromatic heterocycles. The van der Waals surface area contributed by atoms with Crippen LogP contribution in [0, 0.1) is 0 Å². The first-order valence-electron chi connectivity index (χ1n) is 20.2. The molecule has 0 aliphatic heterocycles. The van der Waals surface area contributed by atoms with Crippen LogP contribution in [0.1, 0.15) is 0 Å². The van der Waals surface area contributed by atoms with Crippen molar-refractivity contribution in [3.8, 4) is 27.9 Å². The summed E-state index contributed by atoms with van der Waals surface area (Å²) in [5, 5.41) is 9.37. The molecule has 10 aromatic carbocycles. The van der Waals surface area contributed by atoms with Crippen LogP contribution in [0.25, 0.3) is 93.2 Å². The molecule has 0 bridgehead atoms. The Hall–Kier alpha value is -7.88. The quantitative estimate of drug-likeness (QED) is 0.169. The summed E-state index contributed by atoms with van der Waals surface area (Å²) in [6, 6.07) is 78.7. The molecule has 12 aromatic rings. The molecule has 2 heterocycles. The number of para-hydroxylation sites is 3. The van der Waals surface area contributed by atoms with Gasteiger partial charge in [-0.25, -0.2) is 0 Å². The average molecular weight is 753 g/mol. The Bertz CT molecular complexity index is 3540. The number of nitrogens with zero attached hydrogens (tertiary/aromatic N) is 2. The van der Waals surface area contributed by atoms with E-state index in [1.807, 2.05) is 6.07 Å². The van der Waals surface area contributed by atoms with Gasteiger partial charge >= 0.3 is 0 Å². The molecule has 0 unspecified atom stereocenters. The molecule has 276 valence electrons. The van der Waals surface area contributed by atoms with Crippen LogP contribution in [0.15, 0.2) is 223 Å². The van der Waals surface area contributed by atoms with E-state index in [4.69, 9.17) is 4.42 Å². The summed E-state index contributed by atoms with van der Waals surface area (Å²) >= 11 is 0. The molecule has 59 heavy (non-hydrogen) atoms. The van der Waals surface area contributed by atoms with Crippen molar-refractivity contribution in [2.45, 2.75) is 0 Å². The highest BCUT2D eigenvalue weighted by Gasteiger charge is 2.25. The van der Waals surface area contributed by atoms with Gasteiger partial charge in [-0.15, -0.1) is 0 Å². The lowest BCUT2D eigenvalue weighted by Gasteiger charge is -2.28. The van der Waals surface area contributed by atoms with Gasteiger partial charge in [0.15, 0.2) is 0 Å². The molecule has 0 saturated carbocycles. The van der Waals surface area contributed by atoms with Crippen LogP contribution < -0.4 is 4.90 Å². The van der Waals surface area contributed by atoms with Crippen LogP contribution in [0.5, 0.6) is 0 Å². The first kappa shape index (κ1) is 33.3. The molecule has 0 aliphatic carbocycles. The van der Waals surface area contributed by atoms with E-state index in [1.54, 1.807) is 0 Å². The largest absolute Gasteiger partial charge is 0.456 e. The van der Waals surface area contributed by atoms with Gasteiger partial charge in [-0.1, -0.05) is 164 Å². The number of rotatable bonds is 6. The van der Waals surface area contributed by atoms with Crippen LogP contribution in [0.4, 0.5) is 17.1 Å². The second-order valence-electron chi connectivity index (χ2n) is 15.3. The van der Waals surface area contributed by atoms with Crippen LogP contribution >= 0.6 is 0 Å². The summed E-state index contributed by atoms with van der Waals surface area (Å²) in [6.45, 7) is 0. The van der Waals surface area contributed by atoms with E-state index in [2.05, 4.69) is 222 Å². The van der Waals surface area contributed by atoms with Gasteiger partial charge in [0.05, 0.1) is 27.8 Å². The third kappa shape index (κ3) is 5.29. The summed E-state index contributed by atoms with van der Waals surface area (Å²) in [5.41, 5.74) is 13.2. The summed E-state index contributed by atoms with van der Waals surface area (Å²) in [6.07, 6.45) is 0. The third-order valence-electron chi connectivity index (χ3n) is 11.9. The Morgan fingerprint density at radius 3 is 1.81 bits per heavy atom. The minimum absolute atomic E-state index is 0.873. The molecule has 0 aliphatic rings. The maximum Gasteiger partial charge on any atom is 0.138 e. The zero-order chi connectivity index (χ0) is 38.9. The van der Waals surface area contributed by atoms with Gasteiger partial charge in [0.25, 0.3) is 0 Å². The highest BCUT2D eigenvalue weighted by Crippen LogP contribution is 2.49. The van der Waals surface area contributed by atoms with Gasteiger partial charge in [0, 0.05) is 38.5 Å². The van der Waals surface area contributed by atoms with Gasteiger partial charge in [0.2, 0.25) is 0 Å². The van der Waals surface area contributed by atoms with Crippen molar-refractivity contribution in [2.24, 2.45) is 0 Å². The SMILES string of the molecule is c1ccc(-c2ccc(-c3ccccc3-n3c4ccc(N(c5ccccc5)c5c6ccccc6cc6oc7ccccc7c56)cc4c4c5ccccc5ccc43)cc2)cc1. The number of anilines is 3. The molecule has 12 rings (SSSR count). The number of hydrogen-bond acceptors (Lipinski definition) is 2. The predicted molar refractivity (Wildman–Crippen MR) is 249 cm³/mol. The smallest absolute Gasteiger partial charge is 0.138 e. The molecular weight excluding hydrogens is 717 g/mol. The standard InChI is InChI=1S/C56H36N2O/c1-3-15-37(16-4-1)38-27-29-40(30-28-38)44-21-11-13-25-49(44)58-50-34-32-43(36-48(50)54-45-22-9-7-17-39(45)31-33-51(54)58)57(42-19-5-2-6-20-42)56-46-23-10-8-18-41(46)35-53-55(56)47-24-12-14-26-52(47)59-53/h1-36H. The monoisotopic (exact) mass is 752 g/mol. The first-order chi connectivity index (χ1) is 29.3. The second kappa shape index (κ2) is 13.4. The van der Waals surface area contributed by atoms with Gasteiger partial charge in [-0.3, -0.25) is 0 Å². The van der Waals surface area contributed by atoms with Crippen molar-refractivity contribution in [2.75, 3.05) is 4.90 Å². The Labute approximate surface area is 341 Å². The van der Waals surface area contributed by atoms with Crippen LogP contribution in [0.2, 0.25) is 0 Å². The highest BCUT2D eigenvalue weighted by atomic mass is 16.3. The molecule has 0 atom stereocenters. The van der Waals surface area contributed by atoms with Crippen molar-refractivity contribution in [3.05, 3.63) is 218 Å². The summed E-state index contributed by atoms with van der Waals surface area (Å²) in [4.78, 5) is 2.43. The fourth-order valence-corrected chi connectivity index (χ4v) is 9.30. The van der Waals surface area contributed by atoms with E-state index in [-0.39, 0.29) is 0 Å². The Kier molecular flexibility index (Phi) is 7.54. The van der Waals surface area contributed by atoms with Crippen molar-refractivity contribution >= 4 is 82.4 Å². The summed E-state index contributed by atoms with van der Waals surface area (Å²) in [5.74, 6) is 0. The van der Waals surface area contributed by atoms with E-state index in [0.717, 1.165) is 61.0 Å². The Morgan fingerprint density at radius 2 is 0.983 bits per heavy atom. The molecule has 3 heteroatoms. The van der Waals surface area contributed by atoms with Gasteiger partial charge in [-0.2, -0.15) is 0 Å². The normalized spacial score (nSPS) is 11.7. The summed E-state index contributed by atoms with van der Waals surface area (Å²) in [7, 11) is 0. The van der Waals surface area contributed by atoms with Crippen LogP contribution in [-0.4, -0.2) is 4.57 Å². The van der Waals surface area contributed by atoms with Gasteiger partial charge < -0.3 is 13.9 Å². The minimum atomic E-state index is 0.873. The summed E-state index contributed by atoms with van der Waals surface area (Å²) < 4.78 is 9.06. The fraction of sp³-hybridized carbons (Fsp3) is 0. The maximum atomic E-state index is 6.60. The van der Waals surface area contributed by atoms with Crippen molar-refractivity contribution in [3.63, 3.8) is 0 Å². The van der Waals surface area contributed by atoms with Crippen molar-refractivity contribution in [1.82, 2.24) is 4.57 Å². The van der Waals surface area contributed by atoms with E-state index in [0.29, 0.717) is 0 Å². The highest BCUT2D eigenvalue weighted by molar-refractivity contribution is 6.24. The van der Waals surface area contributed by atoms with Crippen LogP contribution in [0.3, 0.4) is 0 Å². The molecular formula is C56H36N2O. The average Bonchev–Trinajstić information content (AvgIpc) is 3.85. The number of fused-ring (bicyclic) bond motifs is 9. The fourth-order valence-electron chi connectivity index (χ4n) is 9.30. The van der Waals surface area contributed by atoms with E-state index >= 15 is 0 Å². The van der Waals surface area contributed by atoms with Crippen molar-refractivity contribution in [1.29, 1.82) is 0 Å². The zero-order valence-corrected chi connectivity index (χ0v) is 32.1. The lowest BCUT2D eigenvalue weighted by molar-refractivity contribution is 0.669. The molecule has 0 fully saturated rings. The second-order valence-corrected chi connectivity index (χ2v) is 15.3. The molecule has 0 saturated heterocycles. The predicted octanol–water partition coefficient (Wildman–Crippen LogP) is 15.8. The lowest BCUT2D eigenvalue weighted by Crippen LogP contribution is -2.11.